The van der Waals surface area contributed by atoms with Crippen LogP contribution in [0, 0.1) is 25.5 Å². The third-order valence-electron chi connectivity index (χ3n) is 5.20. The molecular formula is C19H16BBrF4N2. The minimum Gasteiger partial charge on any atom is -0.393 e. The van der Waals surface area contributed by atoms with Crippen LogP contribution in [0.4, 0.5) is 17.4 Å². The molecule has 0 unspecified atom stereocenters. The lowest BCUT2D eigenvalue weighted by molar-refractivity contribution is -0.363. The Labute approximate surface area is 162 Å². The van der Waals surface area contributed by atoms with Crippen LogP contribution >= 0.6 is 15.9 Å². The maximum atomic E-state index is 15.5. The molecule has 0 bridgehead atoms. The van der Waals surface area contributed by atoms with Crippen LogP contribution in [0.1, 0.15) is 36.4 Å². The molecule has 2 aliphatic heterocycles. The van der Waals surface area contributed by atoms with Crippen molar-refractivity contribution < 1.29 is 21.9 Å². The van der Waals surface area contributed by atoms with Gasteiger partial charge in [0.05, 0.1) is 10.0 Å². The minimum atomic E-state index is -4.15. The van der Waals surface area contributed by atoms with Gasteiger partial charge in [0.1, 0.15) is 17.3 Å². The van der Waals surface area contributed by atoms with Crippen LogP contribution < -0.4 is 0 Å². The highest BCUT2D eigenvalue weighted by Gasteiger charge is 2.55. The second-order valence-corrected chi connectivity index (χ2v) is 7.94. The molecular weight excluding hydrogens is 423 g/mol. The first-order valence-corrected chi connectivity index (χ1v) is 9.27. The molecule has 27 heavy (non-hydrogen) atoms. The van der Waals surface area contributed by atoms with Gasteiger partial charge in [-0.2, -0.15) is 0 Å². The molecule has 0 N–H and O–H groups in total. The van der Waals surface area contributed by atoms with E-state index < -0.39 is 18.6 Å². The first-order chi connectivity index (χ1) is 12.6. The predicted octanol–water partition coefficient (Wildman–Crippen LogP) is 5.57. The number of nitrogens with zero attached hydrogens (tertiary/aromatic N) is 2. The molecule has 0 saturated heterocycles. The zero-order valence-electron chi connectivity index (χ0n) is 15.2. The highest BCUT2D eigenvalue weighted by atomic mass is 79.9. The average molecular weight is 439 g/mol. The number of rotatable bonds is 1. The number of hydrogen-bond donors (Lipinski definition) is 0. The van der Waals surface area contributed by atoms with Crippen LogP contribution in [0.25, 0.3) is 5.57 Å². The van der Waals surface area contributed by atoms with Crippen molar-refractivity contribution in [2.75, 3.05) is 0 Å². The van der Waals surface area contributed by atoms with Crippen molar-refractivity contribution in [2.45, 2.75) is 27.7 Å². The molecule has 140 valence electrons. The molecule has 0 aliphatic carbocycles. The summed E-state index contributed by atoms with van der Waals surface area (Å²) in [7, 11) is 0. The highest BCUT2D eigenvalue weighted by molar-refractivity contribution is 9.10. The van der Waals surface area contributed by atoms with Crippen LogP contribution in [0.15, 0.2) is 40.0 Å². The molecule has 0 radical (unpaired) electrons. The monoisotopic (exact) mass is 438 g/mol. The van der Waals surface area contributed by atoms with Gasteiger partial charge in [0.25, 0.3) is 0 Å². The number of benzene rings is 1. The summed E-state index contributed by atoms with van der Waals surface area (Å²) < 4.78 is 61.9. The highest BCUT2D eigenvalue weighted by Crippen LogP contribution is 2.45. The van der Waals surface area contributed by atoms with Crippen LogP contribution in [-0.2, 0) is 0 Å². The van der Waals surface area contributed by atoms with Gasteiger partial charge >= 0.3 is 6.97 Å². The zero-order chi connectivity index (χ0) is 19.8. The molecule has 3 heterocycles. The smallest absolute Gasteiger partial charge is 0.393 e. The topological polar surface area (TPSA) is 7.94 Å². The maximum absolute atomic E-state index is 15.5. The Balaban J connectivity index is 2.23. The lowest BCUT2D eigenvalue weighted by atomic mass is 9.83. The van der Waals surface area contributed by atoms with E-state index in [9.17, 15) is 8.78 Å². The fourth-order valence-corrected chi connectivity index (χ4v) is 4.72. The van der Waals surface area contributed by atoms with E-state index in [-0.39, 0.29) is 27.0 Å². The van der Waals surface area contributed by atoms with Gasteiger partial charge in [0.2, 0.25) is 0 Å². The summed E-state index contributed by atoms with van der Waals surface area (Å²) in [6.45, 7) is 2.46. The predicted molar refractivity (Wildman–Crippen MR) is 102 cm³/mol. The standard InChI is InChI=1S/C19H16BBrF4N2/c1-9-5-11(3)26-18(9)16(14-7-13(22)8-15(21)17(14)23)19-10(2)6-12(4)27(19)20(26,24)25/h5-8H,1-4H3. The van der Waals surface area contributed by atoms with E-state index >= 15 is 8.63 Å². The number of halogens is 5. The Morgan fingerprint density at radius 3 is 2.37 bits per heavy atom. The number of aromatic nitrogens is 1. The quantitative estimate of drug-likeness (QED) is 0.312. The molecule has 0 fully saturated rings. The van der Waals surface area contributed by atoms with E-state index in [4.69, 9.17) is 0 Å². The van der Waals surface area contributed by atoms with Crippen molar-refractivity contribution in [2.24, 2.45) is 0 Å². The summed E-state index contributed by atoms with van der Waals surface area (Å²) in [5.74, 6) is -1.33. The van der Waals surface area contributed by atoms with Gasteiger partial charge < -0.3 is 17.6 Å². The molecule has 8 heteroatoms. The molecule has 0 saturated carbocycles. The van der Waals surface area contributed by atoms with E-state index in [0.717, 1.165) is 21.1 Å². The molecule has 4 rings (SSSR count). The number of hydrogen-bond acceptors (Lipinski definition) is 0. The summed E-state index contributed by atoms with van der Waals surface area (Å²) in [6, 6.07) is 3.73. The van der Waals surface area contributed by atoms with Gasteiger partial charge in [-0.15, -0.1) is 0 Å². The van der Waals surface area contributed by atoms with Gasteiger partial charge in [-0.05, 0) is 66.2 Å². The van der Waals surface area contributed by atoms with E-state index in [2.05, 4.69) is 15.9 Å². The zero-order valence-corrected chi connectivity index (χ0v) is 16.8. The lowest BCUT2D eigenvalue weighted by Gasteiger charge is -2.34. The van der Waals surface area contributed by atoms with Gasteiger partial charge in [-0.25, -0.2) is 8.78 Å². The molecule has 2 nitrogen and oxygen atoms in total. The Bertz CT molecular complexity index is 1130. The van der Waals surface area contributed by atoms with E-state index in [1.807, 2.05) is 0 Å². The first kappa shape index (κ1) is 18.3. The van der Waals surface area contributed by atoms with Crippen molar-refractivity contribution in [3.05, 3.63) is 74.2 Å². The van der Waals surface area contributed by atoms with Gasteiger partial charge in [-0.1, -0.05) is 0 Å². The summed E-state index contributed by atoms with van der Waals surface area (Å²) in [4.78, 5) is 0. The summed E-state index contributed by atoms with van der Waals surface area (Å²) in [5.41, 5.74) is 2.61. The SMILES string of the molecule is CC1=CC(C)=[N+]2C1=C(c1cc(F)cc(Br)c1F)c1c(C)cc(C)n1[B-]2(F)F. The van der Waals surface area contributed by atoms with E-state index in [0.29, 0.717) is 22.5 Å². The van der Waals surface area contributed by atoms with Crippen LogP contribution in [0.5, 0.6) is 0 Å². The first-order valence-electron chi connectivity index (χ1n) is 8.47. The average Bonchev–Trinajstić information content (AvgIpc) is 3.02. The normalized spacial score (nSPS) is 18.0. The maximum Gasteiger partial charge on any atom is 0.737 e. The molecule has 2 aromatic rings. The second-order valence-electron chi connectivity index (χ2n) is 7.09. The van der Waals surface area contributed by atoms with Gasteiger partial charge in [0, 0.05) is 29.8 Å². The van der Waals surface area contributed by atoms with Crippen molar-refractivity contribution in [3.63, 3.8) is 0 Å². The van der Waals surface area contributed by atoms with Crippen molar-refractivity contribution in [1.29, 1.82) is 0 Å². The Morgan fingerprint density at radius 2 is 1.70 bits per heavy atom. The van der Waals surface area contributed by atoms with Crippen molar-refractivity contribution >= 4 is 34.2 Å². The lowest BCUT2D eigenvalue weighted by Crippen LogP contribution is -2.51. The molecule has 0 atom stereocenters. The third-order valence-corrected chi connectivity index (χ3v) is 5.77. The summed E-state index contributed by atoms with van der Waals surface area (Å²) >= 11 is 3.03. The largest absolute Gasteiger partial charge is 0.737 e. The molecule has 1 aromatic carbocycles. The van der Waals surface area contributed by atoms with Crippen LogP contribution in [0.2, 0.25) is 0 Å². The van der Waals surface area contributed by atoms with Crippen molar-refractivity contribution in [3.8, 4) is 0 Å². The van der Waals surface area contributed by atoms with E-state index in [1.54, 1.807) is 39.8 Å². The fourth-order valence-electron chi connectivity index (χ4n) is 4.29. The summed E-state index contributed by atoms with van der Waals surface area (Å²) in [6.07, 6.45) is 1.65. The number of allylic oxidation sites excluding steroid dienone is 2. The molecule has 0 spiro atoms. The van der Waals surface area contributed by atoms with E-state index in [1.165, 1.54) is 0 Å². The number of aryl methyl sites for hydroxylation is 2. The Kier molecular flexibility index (Phi) is 3.86. The fraction of sp³-hybridized carbons (Fsp3) is 0.211. The second kappa shape index (κ2) is 5.71. The third kappa shape index (κ3) is 2.35. The molecule has 2 aliphatic rings. The van der Waals surface area contributed by atoms with Crippen molar-refractivity contribution in [1.82, 2.24) is 4.48 Å². The minimum absolute atomic E-state index is 0.0434. The molecule has 0 amide bonds. The van der Waals surface area contributed by atoms with Crippen LogP contribution in [-0.4, -0.2) is 21.6 Å². The Morgan fingerprint density at radius 1 is 1.04 bits per heavy atom. The Hall–Kier alpha value is -2.09. The van der Waals surface area contributed by atoms with Gasteiger partial charge in [0.15, 0.2) is 5.70 Å². The van der Waals surface area contributed by atoms with Gasteiger partial charge in [-0.3, -0.25) is 0 Å². The molecule has 1 aromatic heterocycles. The number of fused-ring (bicyclic) bond motifs is 2. The summed E-state index contributed by atoms with van der Waals surface area (Å²) in [5, 5.41) is 0. The van der Waals surface area contributed by atoms with Crippen LogP contribution in [0.3, 0.4) is 0 Å².